The first-order valence-corrected chi connectivity index (χ1v) is 13.3. The van der Waals surface area contributed by atoms with Crippen LogP contribution in [0.25, 0.3) is 0 Å². The van der Waals surface area contributed by atoms with E-state index in [-0.39, 0.29) is 23.7 Å². The molecule has 0 aliphatic heterocycles. The molecule has 2 atom stereocenters. The summed E-state index contributed by atoms with van der Waals surface area (Å²) in [7, 11) is 0. The van der Waals surface area contributed by atoms with Gasteiger partial charge in [-0.2, -0.15) is 0 Å². The Balaban J connectivity index is 2.17. The fraction of sp³-hybridized carbons (Fsp3) is 0.615. The van der Waals surface area contributed by atoms with E-state index >= 15 is 0 Å². The van der Waals surface area contributed by atoms with Crippen molar-refractivity contribution in [3.05, 3.63) is 24.3 Å². The predicted octanol–water partition coefficient (Wildman–Crippen LogP) is 0.439. The van der Waals surface area contributed by atoms with E-state index < -0.39 is 12.1 Å². The average molecular weight is 552 g/mol. The number of hydrogen-bond donors (Lipinski definition) is 7. The highest BCUT2D eigenvalue weighted by Gasteiger charge is 2.23. The summed E-state index contributed by atoms with van der Waals surface area (Å²) >= 11 is 0. The van der Waals surface area contributed by atoms with Crippen LogP contribution in [0.3, 0.4) is 0 Å². The first kappa shape index (κ1) is 33.6. The Morgan fingerprint density at radius 3 is 2.21 bits per heavy atom. The highest BCUT2D eigenvalue weighted by molar-refractivity contribution is 5.89. The van der Waals surface area contributed by atoms with E-state index in [0.717, 1.165) is 12.8 Å². The number of nitrogens with two attached hydrogens (primary N) is 2. The third-order valence-corrected chi connectivity index (χ3v) is 5.41. The minimum absolute atomic E-state index is 0.129. The van der Waals surface area contributed by atoms with Gasteiger partial charge < -0.3 is 46.9 Å². The van der Waals surface area contributed by atoms with Crippen LogP contribution in [0.15, 0.2) is 24.3 Å². The van der Waals surface area contributed by atoms with E-state index in [1.807, 2.05) is 6.92 Å². The van der Waals surface area contributed by atoms with Crippen LogP contribution in [0.1, 0.15) is 46.0 Å². The Morgan fingerprint density at radius 2 is 1.56 bits per heavy atom. The lowest BCUT2D eigenvalue weighted by molar-refractivity contribution is -0.130. The Kier molecular flexibility index (Phi) is 17.7. The first-order chi connectivity index (χ1) is 18.7. The second kappa shape index (κ2) is 20.5. The van der Waals surface area contributed by atoms with E-state index in [4.69, 9.17) is 31.1 Å². The van der Waals surface area contributed by atoms with Crippen LogP contribution in [0.2, 0.25) is 0 Å². The van der Waals surface area contributed by atoms with E-state index in [1.165, 1.54) is 6.92 Å². The number of hydrogen-bond acceptors (Lipinski definition) is 8. The lowest BCUT2D eigenvalue weighted by Gasteiger charge is -2.20. The van der Waals surface area contributed by atoms with Gasteiger partial charge in [0.15, 0.2) is 5.96 Å². The number of guanidine groups is 1. The summed E-state index contributed by atoms with van der Waals surface area (Å²) in [5, 5.41) is 18.0. The molecule has 0 bridgehead atoms. The molecule has 0 fully saturated rings. The van der Waals surface area contributed by atoms with Crippen LogP contribution in [-0.4, -0.2) is 81.9 Å². The molecule has 39 heavy (non-hydrogen) atoms. The minimum Gasteiger partial charge on any atom is -0.491 e. The maximum absolute atomic E-state index is 12.6. The van der Waals surface area contributed by atoms with Gasteiger partial charge in [0.05, 0.1) is 32.5 Å². The highest BCUT2D eigenvalue weighted by Crippen LogP contribution is 2.15. The second-order valence-electron chi connectivity index (χ2n) is 8.86. The molecule has 0 aliphatic carbocycles. The van der Waals surface area contributed by atoms with Crippen molar-refractivity contribution in [3.63, 3.8) is 0 Å². The summed E-state index contributed by atoms with van der Waals surface area (Å²) < 4.78 is 16.6. The fourth-order valence-corrected chi connectivity index (χ4v) is 3.38. The number of carbonyl (C=O) groups is 3. The molecule has 0 heterocycles. The van der Waals surface area contributed by atoms with Crippen LogP contribution in [0.4, 0.5) is 5.69 Å². The highest BCUT2D eigenvalue weighted by atomic mass is 16.5. The molecule has 9 N–H and O–H groups in total. The first-order valence-electron chi connectivity index (χ1n) is 13.3. The summed E-state index contributed by atoms with van der Waals surface area (Å²) in [6.45, 7) is 6.04. The summed E-state index contributed by atoms with van der Waals surface area (Å²) in [5.74, 6) is -0.236. The normalized spacial score (nSPS) is 12.2. The SMILES string of the molecule is CCCCC(NC(=O)[C@@H](N)CCCNC(=N)N)C(=O)NCCOCCOCCOc1ccc(NC(C)=O)cc1. The second-order valence-corrected chi connectivity index (χ2v) is 8.86. The fourth-order valence-electron chi connectivity index (χ4n) is 3.38. The number of rotatable bonds is 21. The van der Waals surface area contributed by atoms with Gasteiger partial charge in [0.2, 0.25) is 17.7 Å². The Hall–Kier alpha value is -3.42. The quantitative estimate of drug-likeness (QED) is 0.0642. The minimum atomic E-state index is -0.750. The number of unbranched alkanes of at least 4 members (excludes halogenated alkanes) is 1. The lowest BCUT2D eigenvalue weighted by atomic mass is 10.1. The van der Waals surface area contributed by atoms with Gasteiger partial charge in [-0.25, -0.2) is 0 Å². The molecule has 13 heteroatoms. The van der Waals surface area contributed by atoms with Crippen LogP contribution < -0.4 is 37.5 Å². The van der Waals surface area contributed by atoms with Crippen LogP contribution >= 0.6 is 0 Å². The molecular weight excluding hydrogens is 506 g/mol. The number of benzene rings is 1. The largest absolute Gasteiger partial charge is 0.491 e. The summed E-state index contributed by atoms with van der Waals surface area (Å²) in [6, 6.07) is 5.65. The van der Waals surface area contributed by atoms with E-state index in [0.29, 0.717) is 76.8 Å². The number of nitrogens with one attached hydrogen (secondary N) is 5. The van der Waals surface area contributed by atoms with Crippen molar-refractivity contribution in [2.45, 2.75) is 58.0 Å². The van der Waals surface area contributed by atoms with Gasteiger partial charge in [0.25, 0.3) is 0 Å². The molecule has 3 amide bonds. The maximum atomic E-state index is 12.6. The number of ether oxygens (including phenoxy) is 3. The molecule has 0 radical (unpaired) electrons. The van der Waals surface area contributed by atoms with Gasteiger partial charge in [-0.15, -0.1) is 0 Å². The molecule has 13 nitrogen and oxygen atoms in total. The molecule has 0 spiro atoms. The van der Waals surface area contributed by atoms with Gasteiger partial charge in [0.1, 0.15) is 18.4 Å². The van der Waals surface area contributed by atoms with Gasteiger partial charge in [0, 0.05) is 25.7 Å². The summed E-state index contributed by atoms with van der Waals surface area (Å²) in [6.07, 6.45) is 3.17. The zero-order chi connectivity index (χ0) is 28.9. The Bertz CT molecular complexity index is 869. The number of amides is 3. The summed E-state index contributed by atoms with van der Waals surface area (Å²) in [4.78, 5) is 36.1. The van der Waals surface area contributed by atoms with Gasteiger partial charge in [-0.1, -0.05) is 19.8 Å². The van der Waals surface area contributed by atoms with Crippen molar-refractivity contribution in [2.75, 3.05) is 51.4 Å². The Morgan fingerprint density at radius 1 is 0.897 bits per heavy atom. The van der Waals surface area contributed by atoms with E-state index in [2.05, 4.69) is 21.3 Å². The van der Waals surface area contributed by atoms with Crippen LogP contribution in [0, 0.1) is 5.41 Å². The standard InChI is InChI=1S/C26H45N7O6/c1-3-4-7-23(33-24(35)22(27)6-5-12-31-26(28)29)25(36)30-13-14-37-15-16-38-17-18-39-21-10-8-20(9-11-21)32-19(2)34/h8-11,22-23H,3-7,12-18,27H2,1-2H3,(H,30,36)(H,32,34)(H,33,35)(H4,28,29,31)/t22-,23?/m0/s1. The monoisotopic (exact) mass is 551 g/mol. The zero-order valence-electron chi connectivity index (χ0n) is 23.1. The van der Waals surface area contributed by atoms with Crippen molar-refractivity contribution >= 4 is 29.4 Å². The van der Waals surface area contributed by atoms with Gasteiger partial charge in [-0.3, -0.25) is 19.8 Å². The van der Waals surface area contributed by atoms with E-state index in [1.54, 1.807) is 24.3 Å². The maximum Gasteiger partial charge on any atom is 0.242 e. The van der Waals surface area contributed by atoms with Crippen molar-refractivity contribution in [1.82, 2.24) is 16.0 Å². The Labute approximate surface area is 230 Å². The molecule has 1 unspecified atom stereocenters. The van der Waals surface area contributed by atoms with Crippen molar-refractivity contribution in [2.24, 2.45) is 11.5 Å². The third kappa shape index (κ3) is 16.9. The predicted molar refractivity (Wildman–Crippen MR) is 149 cm³/mol. The lowest BCUT2D eigenvalue weighted by Crippen LogP contribution is -2.52. The molecule has 1 rings (SSSR count). The smallest absolute Gasteiger partial charge is 0.242 e. The van der Waals surface area contributed by atoms with Crippen LogP contribution in [-0.2, 0) is 23.9 Å². The van der Waals surface area contributed by atoms with Gasteiger partial charge in [-0.05, 0) is 43.5 Å². The molecule has 0 saturated carbocycles. The summed E-state index contributed by atoms with van der Waals surface area (Å²) in [5.41, 5.74) is 11.9. The molecule has 0 aliphatic rings. The topological polar surface area (TPSA) is 203 Å². The molecule has 220 valence electrons. The third-order valence-electron chi connectivity index (χ3n) is 5.41. The average Bonchev–Trinajstić information content (AvgIpc) is 2.90. The molecule has 0 saturated heterocycles. The number of anilines is 1. The molecule has 1 aromatic rings. The molecular formula is C26H45N7O6. The van der Waals surface area contributed by atoms with Crippen molar-refractivity contribution < 1.29 is 28.6 Å². The molecule has 0 aromatic heterocycles. The van der Waals surface area contributed by atoms with Crippen LogP contribution in [0.5, 0.6) is 5.75 Å². The molecule has 1 aromatic carbocycles. The number of carbonyl (C=O) groups excluding carboxylic acids is 3. The van der Waals surface area contributed by atoms with Crippen molar-refractivity contribution in [1.29, 1.82) is 5.41 Å². The van der Waals surface area contributed by atoms with E-state index in [9.17, 15) is 14.4 Å². The zero-order valence-corrected chi connectivity index (χ0v) is 23.1. The van der Waals surface area contributed by atoms with Gasteiger partial charge >= 0.3 is 0 Å². The van der Waals surface area contributed by atoms with Crippen molar-refractivity contribution in [3.8, 4) is 5.75 Å².